The van der Waals surface area contributed by atoms with Crippen LogP contribution in [0.4, 0.5) is 0 Å². The first-order valence-electron chi connectivity index (χ1n) is 9.37. The van der Waals surface area contributed by atoms with Gasteiger partial charge in [0.05, 0.1) is 6.54 Å². The molecule has 7 heteroatoms. The van der Waals surface area contributed by atoms with Crippen molar-refractivity contribution in [1.29, 1.82) is 0 Å². The largest absolute Gasteiger partial charge is 0.484 e. The number of fused-ring (bicyclic) bond motifs is 1. The van der Waals surface area contributed by atoms with E-state index in [0.29, 0.717) is 38.3 Å². The lowest BCUT2D eigenvalue weighted by molar-refractivity contribution is -0.133. The van der Waals surface area contributed by atoms with Gasteiger partial charge in [-0.15, -0.1) is 0 Å². The number of carbonyl (C=O) groups is 1. The highest BCUT2D eigenvalue weighted by atomic mass is 16.5. The Balaban J connectivity index is 1.39. The molecule has 1 aromatic heterocycles. The van der Waals surface area contributed by atoms with Gasteiger partial charge in [-0.3, -0.25) is 9.36 Å². The Bertz CT molecular complexity index is 995. The molecule has 4 rings (SSSR count). The number of amides is 1. The van der Waals surface area contributed by atoms with Crippen LogP contribution in [0.25, 0.3) is 0 Å². The normalized spacial score (nSPS) is 13.6. The van der Waals surface area contributed by atoms with Gasteiger partial charge in [0.1, 0.15) is 11.6 Å². The lowest BCUT2D eigenvalue weighted by Crippen LogP contribution is -2.38. The van der Waals surface area contributed by atoms with E-state index < -0.39 is 0 Å². The van der Waals surface area contributed by atoms with Crippen LogP contribution in [0.1, 0.15) is 11.4 Å². The smallest absolute Gasteiger partial charge is 0.346 e. The summed E-state index contributed by atoms with van der Waals surface area (Å²) < 4.78 is 8.73. The molecule has 28 heavy (non-hydrogen) atoms. The highest BCUT2D eigenvalue weighted by molar-refractivity contribution is 5.77. The van der Waals surface area contributed by atoms with Gasteiger partial charge >= 0.3 is 5.69 Å². The van der Waals surface area contributed by atoms with E-state index in [9.17, 15) is 9.59 Å². The maximum Gasteiger partial charge on any atom is 0.346 e. The van der Waals surface area contributed by atoms with E-state index in [2.05, 4.69) is 5.10 Å². The van der Waals surface area contributed by atoms with Gasteiger partial charge in [0.15, 0.2) is 6.61 Å². The highest BCUT2D eigenvalue weighted by Gasteiger charge is 2.22. The van der Waals surface area contributed by atoms with Gasteiger partial charge in [-0.1, -0.05) is 48.5 Å². The van der Waals surface area contributed by atoms with Gasteiger partial charge in [0.25, 0.3) is 5.91 Å². The van der Waals surface area contributed by atoms with Crippen LogP contribution < -0.4 is 10.4 Å². The molecular formula is C21H22N4O3. The van der Waals surface area contributed by atoms with Gasteiger partial charge in [-0.05, 0) is 17.7 Å². The topological polar surface area (TPSA) is 69.4 Å². The summed E-state index contributed by atoms with van der Waals surface area (Å²) in [6.07, 6.45) is 0.550. The average Bonchev–Trinajstić information content (AvgIpc) is 2.90. The van der Waals surface area contributed by atoms with Gasteiger partial charge in [0.2, 0.25) is 0 Å². The first-order chi connectivity index (χ1) is 13.7. The van der Waals surface area contributed by atoms with Crippen LogP contribution in [0.15, 0.2) is 65.5 Å². The molecule has 2 aromatic carbocycles. The minimum atomic E-state index is -0.131. The molecular weight excluding hydrogens is 356 g/mol. The van der Waals surface area contributed by atoms with E-state index in [1.165, 1.54) is 4.68 Å². The van der Waals surface area contributed by atoms with Crippen molar-refractivity contribution in [1.82, 2.24) is 19.2 Å². The third-order valence-electron chi connectivity index (χ3n) is 4.83. The molecule has 1 aliphatic heterocycles. The summed E-state index contributed by atoms with van der Waals surface area (Å²) in [5, 5.41) is 4.49. The summed E-state index contributed by atoms with van der Waals surface area (Å²) in [7, 11) is 0. The van der Waals surface area contributed by atoms with Crippen LogP contribution >= 0.6 is 0 Å². The molecule has 0 fully saturated rings. The minimum Gasteiger partial charge on any atom is -0.484 e. The first-order valence-corrected chi connectivity index (χ1v) is 9.37. The zero-order chi connectivity index (χ0) is 19.3. The molecule has 0 aliphatic carbocycles. The number of hydrogen-bond donors (Lipinski definition) is 0. The molecule has 2 heterocycles. The second-order valence-electron chi connectivity index (χ2n) is 6.73. The van der Waals surface area contributed by atoms with Crippen molar-refractivity contribution < 1.29 is 9.53 Å². The third-order valence-corrected chi connectivity index (χ3v) is 4.83. The fraction of sp³-hybridized carbons (Fsp3) is 0.286. The predicted octanol–water partition coefficient (Wildman–Crippen LogP) is 1.56. The van der Waals surface area contributed by atoms with Crippen molar-refractivity contribution in [2.75, 3.05) is 19.7 Å². The highest BCUT2D eigenvalue weighted by Crippen LogP contribution is 2.10. The predicted molar refractivity (Wildman–Crippen MR) is 104 cm³/mol. The average molecular weight is 378 g/mol. The van der Waals surface area contributed by atoms with Crippen LogP contribution in [0, 0.1) is 0 Å². The molecule has 0 N–H and O–H groups in total. The Hall–Kier alpha value is -3.35. The Morgan fingerprint density at radius 1 is 0.964 bits per heavy atom. The van der Waals surface area contributed by atoms with Gasteiger partial charge in [-0.25, -0.2) is 9.48 Å². The summed E-state index contributed by atoms with van der Waals surface area (Å²) in [6.45, 7) is 1.89. The van der Waals surface area contributed by atoms with E-state index in [4.69, 9.17) is 4.74 Å². The lowest BCUT2D eigenvalue weighted by atomic mass is 10.2. The van der Waals surface area contributed by atoms with E-state index in [1.807, 2.05) is 60.7 Å². The van der Waals surface area contributed by atoms with Gasteiger partial charge < -0.3 is 9.64 Å². The van der Waals surface area contributed by atoms with E-state index >= 15 is 0 Å². The van der Waals surface area contributed by atoms with Crippen molar-refractivity contribution in [3.63, 3.8) is 0 Å². The number of nitrogens with zero attached hydrogens (tertiary/aromatic N) is 4. The quantitative estimate of drug-likeness (QED) is 0.676. The number of aromatic nitrogens is 3. The van der Waals surface area contributed by atoms with Crippen LogP contribution in [0.5, 0.6) is 5.75 Å². The van der Waals surface area contributed by atoms with Gasteiger partial charge in [0, 0.05) is 26.1 Å². The monoisotopic (exact) mass is 378 g/mol. The molecule has 144 valence electrons. The molecule has 0 atom stereocenters. The zero-order valence-corrected chi connectivity index (χ0v) is 15.5. The lowest BCUT2D eigenvalue weighted by Gasteiger charge is -2.20. The Kier molecular flexibility index (Phi) is 5.23. The van der Waals surface area contributed by atoms with Gasteiger partial charge in [-0.2, -0.15) is 5.10 Å². The molecule has 3 aromatic rings. The van der Waals surface area contributed by atoms with Crippen molar-refractivity contribution in [2.45, 2.75) is 19.5 Å². The number of para-hydroxylation sites is 1. The molecule has 1 amide bonds. The summed E-state index contributed by atoms with van der Waals surface area (Å²) in [5.41, 5.74) is 0.904. The van der Waals surface area contributed by atoms with Crippen LogP contribution in [0.3, 0.4) is 0 Å². The van der Waals surface area contributed by atoms with Crippen LogP contribution in [-0.4, -0.2) is 44.9 Å². The standard InChI is InChI=1S/C21H22N4O3/c26-20(16-28-18-9-5-2-6-10-18)23-12-11-19-22-25(21(27)24(19)14-13-23)15-17-7-3-1-4-8-17/h1-10H,11-16H2. The fourth-order valence-electron chi connectivity index (χ4n) is 3.32. The Morgan fingerprint density at radius 3 is 2.43 bits per heavy atom. The van der Waals surface area contributed by atoms with Crippen LogP contribution in [-0.2, 0) is 24.3 Å². The molecule has 0 spiro atoms. The van der Waals surface area contributed by atoms with Crippen molar-refractivity contribution >= 4 is 5.91 Å². The van der Waals surface area contributed by atoms with Crippen molar-refractivity contribution in [3.05, 3.63) is 82.5 Å². The molecule has 0 bridgehead atoms. The Labute approximate surface area is 162 Å². The molecule has 0 radical (unpaired) electrons. The van der Waals surface area contributed by atoms with Crippen molar-refractivity contribution in [3.8, 4) is 5.75 Å². The number of carbonyl (C=O) groups excluding carboxylic acids is 1. The number of ether oxygens (including phenoxy) is 1. The third kappa shape index (κ3) is 3.98. The van der Waals surface area contributed by atoms with E-state index in [1.54, 1.807) is 9.47 Å². The minimum absolute atomic E-state index is 0.00936. The molecule has 0 saturated carbocycles. The fourth-order valence-corrected chi connectivity index (χ4v) is 3.32. The molecule has 0 unspecified atom stereocenters. The second kappa shape index (κ2) is 8.12. The number of hydrogen-bond acceptors (Lipinski definition) is 4. The summed E-state index contributed by atoms with van der Waals surface area (Å²) in [6, 6.07) is 19.1. The maximum atomic E-state index is 12.7. The first kappa shape index (κ1) is 18.0. The summed E-state index contributed by atoms with van der Waals surface area (Å²) in [4.78, 5) is 26.9. The van der Waals surface area contributed by atoms with E-state index in [-0.39, 0.29) is 18.2 Å². The molecule has 0 saturated heterocycles. The number of benzene rings is 2. The number of rotatable bonds is 5. The SMILES string of the molecule is O=C(COc1ccccc1)N1CCc2nn(Cc3ccccc3)c(=O)n2CC1. The maximum absolute atomic E-state index is 12.7. The summed E-state index contributed by atoms with van der Waals surface area (Å²) >= 11 is 0. The second-order valence-corrected chi connectivity index (χ2v) is 6.73. The molecule has 1 aliphatic rings. The van der Waals surface area contributed by atoms with E-state index in [0.717, 1.165) is 11.4 Å². The van der Waals surface area contributed by atoms with Crippen molar-refractivity contribution in [2.24, 2.45) is 0 Å². The molecule has 7 nitrogen and oxygen atoms in total. The Morgan fingerprint density at radius 2 is 1.68 bits per heavy atom. The van der Waals surface area contributed by atoms with Crippen LogP contribution in [0.2, 0.25) is 0 Å². The summed E-state index contributed by atoms with van der Waals surface area (Å²) in [5.74, 6) is 1.31. The zero-order valence-electron chi connectivity index (χ0n) is 15.5.